The Morgan fingerprint density at radius 2 is 1.95 bits per heavy atom. The molecular weight excluding hydrogens is 314 g/mol. The van der Waals surface area contributed by atoms with Crippen molar-refractivity contribution in [2.24, 2.45) is 5.73 Å². The molecule has 0 atom stereocenters. The summed E-state index contributed by atoms with van der Waals surface area (Å²) in [5.74, 6) is -2.04. The lowest BCUT2D eigenvalue weighted by atomic mass is 10.1. The third-order valence-corrected chi connectivity index (χ3v) is 3.77. The minimum absolute atomic E-state index is 0.157. The molecule has 0 bridgehead atoms. The highest BCUT2D eigenvalue weighted by Crippen LogP contribution is 2.22. The highest BCUT2D eigenvalue weighted by Gasteiger charge is 2.27. The topological polar surface area (TPSA) is 96.0 Å². The fraction of sp³-hybridized carbons (Fsp3) is 0.364. The molecule has 10 heteroatoms. The third kappa shape index (κ3) is 5.98. The summed E-state index contributed by atoms with van der Waals surface area (Å²) < 4.78 is 74.3. The van der Waals surface area contributed by atoms with Gasteiger partial charge in [0.05, 0.1) is 11.4 Å². The number of alkyl halides is 3. The van der Waals surface area contributed by atoms with Crippen LogP contribution in [0.15, 0.2) is 18.2 Å². The molecule has 1 aromatic rings. The summed E-state index contributed by atoms with van der Waals surface area (Å²) in [4.78, 5) is 0. The molecule has 1 aromatic carbocycles. The lowest BCUT2D eigenvalue weighted by Crippen LogP contribution is -2.22. The van der Waals surface area contributed by atoms with Crippen molar-refractivity contribution in [1.29, 1.82) is 5.41 Å². The van der Waals surface area contributed by atoms with Crippen LogP contribution in [0.1, 0.15) is 18.4 Å². The molecule has 0 aliphatic carbocycles. The monoisotopic (exact) mass is 327 g/mol. The number of nitrogens with one attached hydrogen (secondary N) is 2. The van der Waals surface area contributed by atoms with Crippen LogP contribution in [-0.2, 0) is 10.0 Å². The zero-order valence-corrected chi connectivity index (χ0v) is 11.5. The first-order valence-corrected chi connectivity index (χ1v) is 7.36. The van der Waals surface area contributed by atoms with Gasteiger partial charge < -0.3 is 5.73 Å². The van der Waals surface area contributed by atoms with Crippen LogP contribution in [0.5, 0.6) is 0 Å². The molecule has 1 rings (SSSR count). The second kappa shape index (κ2) is 6.29. The van der Waals surface area contributed by atoms with Gasteiger partial charge in [0, 0.05) is 12.0 Å². The molecular formula is C11H13F4N3O2S. The first-order valence-electron chi connectivity index (χ1n) is 5.71. The third-order valence-electron chi connectivity index (χ3n) is 2.41. The van der Waals surface area contributed by atoms with E-state index in [0.29, 0.717) is 0 Å². The molecule has 0 fully saturated rings. The largest absolute Gasteiger partial charge is 0.389 e. The minimum Gasteiger partial charge on any atom is -0.384 e. The van der Waals surface area contributed by atoms with Gasteiger partial charge in [0.1, 0.15) is 11.7 Å². The maximum atomic E-state index is 13.0. The van der Waals surface area contributed by atoms with E-state index < -0.39 is 46.4 Å². The first-order chi connectivity index (χ1) is 9.50. The van der Waals surface area contributed by atoms with E-state index in [1.165, 1.54) is 0 Å². The average Bonchev–Trinajstić information content (AvgIpc) is 2.28. The van der Waals surface area contributed by atoms with Crippen LogP contribution in [0.25, 0.3) is 0 Å². The Bertz CT molecular complexity index is 629. The van der Waals surface area contributed by atoms with Crippen molar-refractivity contribution < 1.29 is 26.0 Å². The maximum Gasteiger partial charge on any atom is 0.389 e. The fourth-order valence-corrected chi connectivity index (χ4v) is 2.65. The number of halogens is 4. The van der Waals surface area contributed by atoms with Gasteiger partial charge in [0.2, 0.25) is 10.0 Å². The molecule has 5 nitrogen and oxygen atoms in total. The van der Waals surface area contributed by atoms with Crippen molar-refractivity contribution in [2.75, 3.05) is 10.5 Å². The molecule has 4 N–H and O–H groups in total. The van der Waals surface area contributed by atoms with Crippen LogP contribution < -0.4 is 10.5 Å². The van der Waals surface area contributed by atoms with Gasteiger partial charge in [-0.05, 0) is 24.6 Å². The fourth-order valence-electron chi connectivity index (χ4n) is 1.51. The van der Waals surface area contributed by atoms with E-state index in [0.717, 1.165) is 18.2 Å². The minimum atomic E-state index is -4.43. The summed E-state index contributed by atoms with van der Waals surface area (Å²) >= 11 is 0. The van der Waals surface area contributed by atoms with Gasteiger partial charge in [-0.3, -0.25) is 10.1 Å². The van der Waals surface area contributed by atoms with Crippen LogP contribution in [0, 0.1) is 11.2 Å². The molecule has 0 amide bonds. The maximum absolute atomic E-state index is 13.0. The Morgan fingerprint density at radius 1 is 1.33 bits per heavy atom. The second-order valence-electron chi connectivity index (χ2n) is 4.24. The van der Waals surface area contributed by atoms with E-state index in [2.05, 4.69) is 0 Å². The predicted octanol–water partition coefficient (Wildman–Crippen LogP) is 2.19. The summed E-state index contributed by atoms with van der Waals surface area (Å²) in [5.41, 5.74) is 4.85. The summed E-state index contributed by atoms with van der Waals surface area (Å²) in [6.07, 6.45) is -6.26. The Balaban J connectivity index is 2.83. The van der Waals surface area contributed by atoms with Crippen molar-refractivity contribution in [3.63, 3.8) is 0 Å². The van der Waals surface area contributed by atoms with Gasteiger partial charge in [-0.25, -0.2) is 12.8 Å². The van der Waals surface area contributed by atoms with E-state index in [1.54, 1.807) is 0 Å². The van der Waals surface area contributed by atoms with Crippen molar-refractivity contribution >= 4 is 21.5 Å². The van der Waals surface area contributed by atoms with E-state index in [9.17, 15) is 26.0 Å². The molecule has 0 radical (unpaired) electrons. The molecule has 0 heterocycles. The normalized spacial score (nSPS) is 12.2. The number of nitrogens with two attached hydrogens (primary N) is 1. The van der Waals surface area contributed by atoms with E-state index in [4.69, 9.17) is 11.1 Å². The molecule has 0 saturated heterocycles. The number of hydrogen-bond donors (Lipinski definition) is 3. The van der Waals surface area contributed by atoms with Crippen molar-refractivity contribution in [1.82, 2.24) is 0 Å². The summed E-state index contributed by atoms with van der Waals surface area (Å²) in [5, 5.41) is 7.23. The highest BCUT2D eigenvalue weighted by molar-refractivity contribution is 7.92. The predicted molar refractivity (Wildman–Crippen MR) is 70.1 cm³/mol. The van der Waals surface area contributed by atoms with Crippen molar-refractivity contribution in [3.8, 4) is 0 Å². The average molecular weight is 327 g/mol. The number of nitrogen functional groups attached to an aromatic ring is 1. The zero-order chi connectivity index (χ0) is 16.3. The molecule has 0 aliphatic heterocycles. The van der Waals surface area contributed by atoms with Crippen LogP contribution in [0.4, 0.5) is 23.2 Å². The summed E-state index contributed by atoms with van der Waals surface area (Å²) in [7, 11) is -4.05. The standard InChI is InChI=1S/C11H13F4N3O2S/c12-7-2-3-9(8(6-7)10(16)17)18-21(19,20)5-1-4-11(13,14)15/h2-3,6,18H,1,4-5H2,(H3,16,17). The molecule has 21 heavy (non-hydrogen) atoms. The smallest absolute Gasteiger partial charge is 0.384 e. The molecule has 0 aromatic heterocycles. The van der Waals surface area contributed by atoms with Crippen LogP contribution in [-0.4, -0.2) is 26.2 Å². The van der Waals surface area contributed by atoms with Gasteiger partial charge in [0.25, 0.3) is 0 Å². The molecule has 118 valence electrons. The summed E-state index contributed by atoms with van der Waals surface area (Å²) in [6.45, 7) is 0. The Morgan fingerprint density at radius 3 is 2.48 bits per heavy atom. The SMILES string of the molecule is N=C(N)c1cc(F)ccc1NS(=O)(=O)CCCC(F)(F)F. The van der Waals surface area contributed by atoms with Gasteiger partial charge >= 0.3 is 6.18 Å². The zero-order valence-electron chi connectivity index (χ0n) is 10.7. The van der Waals surface area contributed by atoms with Gasteiger partial charge in [0.15, 0.2) is 0 Å². The van der Waals surface area contributed by atoms with Gasteiger partial charge in [-0.1, -0.05) is 0 Å². The van der Waals surface area contributed by atoms with Crippen molar-refractivity contribution in [3.05, 3.63) is 29.6 Å². The van der Waals surface area contributed by atoms with E-state index >= 15 is 0 Å². The number of sulfonamides is 1. The van der Waals surface area contributed by atoms with Crippen LogP contribution in [0.2, 0.25) is 0 Å². The molecule has 0 aliphatic rings. The lowest BCUT2D eigenvalue weighted by Gasteiger charge is -2.12. The molecule has 0 spiro atoms. The Labute approximate surface area is 118 Å². The van der Waals surface area contributed by atoms with E-state index in [1.807, 2.05) is 4.72 Å². The second-order valence-corrected chi connectivity index (χ2v) is 6.09. The number of anilines is 1. The summed E-state index contributed by atoms with van der Waals surface area (Å²) in [6, 6.07) is 2.85. The van der Waals surface area contributed by atoms with Crippen molar-refractivity contribution in [2.45, 2.75) is 19.0 Å². The van der Waals surface area contributed by atoms with Gasteiger partial charge in [-0.2, -0.15) is 13.2 Å². The number of hydrogen-bond acceptors (Lipinski definition) is 3. The number of amidine groups is 1. The van der Waals surface area contributed by atoms with Gasteiger partial charge in [-0.15, -0.1) is 0 Å². The lowest BCUT2D eigenvalue weighted by molar-refractivity contribution is -0.134. The number of benzene rings is 1. The quantitative estimate of drug-likeness (QED) is 0.424. The molecule has 0 unspecified atom stereocenters. The van der Waals surface area contributed by atoms with E-state index in [-0.39, 0.29) is 11.3 Å². The Hall–Kier alpha value is -1.84. The van der Waals surface area contributed by atoms with Crippen LogP contribution >= 0.6 is 0 Å². The number of rotatable bonds is 6. The Kier molecular flexibility index (Phi) is 5.15. The molecule has 0 saturated carbocycles. The van der Waals surface area contributed by atoms with Crippen LogP contribution in [0.3, 0.4) is 0 Å². The highest BCUT2D eigenvalue weighted by atomic mass is 32.2. The first kappa shape index (κ1) is 17.2.